The summed E-state index contributed by atoms with van der Waals surface area (Å²) < 4.78 is 31.7. The van der Waals surface area contributed by atoms with Crippen LogP contribution in [-0.4, -0.2) is 63.3 Å². The highest BCUT2D eigenvalue weighted by atomic mass is 19.4. The molecule has 0 saturated carbocycles. The first-order chi connectivity index (χ1) is 20.7. The highest BCUT2D eigenvalue weighted by Crippen LogP contribution is 2.27. The van der Waals surface area contributed by atoms with Crippen LogP contribution in [0.15, 0.2) is 91.1 Å². The molecule has 43 heavy (non-hydrogen) atoms. The van der Waals surface area contributed by atoms with Gasteiger partial charge < -0.3 is 15.0 Å². The van der Waals surface area contributed by atoms with Gasteiger partial charge >= 0.3 is 12.1 Å². The van der Waals surface area contributed by atoms with E-state index in [-0.39, 0.29) is 0 Å². The molecule has 0 bridgehead atoms. The van der Waals surface area contributed by atoms with Crippen molar-refractivity contribution in [1.29, 1.82) is 5.26 Å². The quantitative estimate of drug-likeness (QED) is 0.256. The number of carboxylic acids is 1. The largest absolute Gasteiger partial charge is 0.490 e. The van der Waals surface area contributed by atoms with Crippen molar-refractivity contribution in [2.45, 2.75) is 12.7 Å². The number of carboxylic acid groups (broad SMARTS) is 1. The molecular weight excluding hydrogens is 557 g/mol. The lowest BCUT2D eigenvalue weighted by atomic mass is 10.0. The number of hydrogen-bond donors (Lipinski definition) is 2. The number of fused-ring (bicyclic) bond motifs is 1. The summed E-state index contributed by atoms with van der Waals surface area (Å²) >= 11 is 0. The molecule has 218 valence electrons. The van der Waals surface area contributed by atoms with Crippen LogP contribution in [0.25, 0.3) is 33.5 Å². The molecular formula is C32H27F3N6O2. The van der Waals surface area contributed by atoms with Gasteiger partial charge in [-0.25, -0.2) is 14.8 Å². The molecule has 3 heterocycles. The Morgan fingerprint density at radius 3 is 2.23 bits per heavy atom. The molecule has 0 unspecified atom stereocenters. The SMILES string of the molecule is N#Cc1ccc(N2CCN(Cc3ccc(-c4cccc(-c5nc6ccccc6[nH]5)c4)cc3)CC2)nc1.O=C(O)C(F)(F)F. The number of pyridine rings is 1. The Bertz CT molecular complexity index is 1700. The van der Waals surface area contributed by atoms with Gasteiger partial charge in [-0.2, -0.15) is 18.4 Å². The molecule has 0 spiro atoms. The van der Waals surface area contributed by atoms with E-state index < -0.39 is 12.1 Å². The van der Waals surface area contributed by atoms with Gasteiger partial charge in [0.15, 0.2) is 0 Å². The van der Waals surface area contributed by atoms with Crippen molar-refractivity contribution in [2.75, 3.05) is 31.1 Å². The van der Waals surface area contributed by atoms with E-state index in [2.05, 4.69) is 80.4 Å². The fourth-order valence-electron chi connectivity index (χ4n) is 4.77. The Morgan fingerprint density at radius 1 is 0.907 bits per heavy atom. The van der Waals surface area contributed by atoms with E-state index in [0.717, 1.165) is 61.0 Å². The van der Waals surface area contributed by atoms with Gasteiger partial charge in [0.25, 0.3) is 0 Å². The van der Waals surface area contributed by atoms with Gasteiger partial charge in [-0.15, -0.1) is 0 Å². The molecule has 5 aromatic rings. The summed E-state index contributed by atoms with van der Waals surface area (Å²) in [5.41, 5.74) is 7.42. The number of aliphatic carboxylic acids is 1. The summed E-state index contributed by atoms with van der Waals surface area (Å²) in [4.78, 5) is 26.3. The number of piperazine rings is 1. The fourth-order valence-corrected chi connectivity index (χ4v) is 4.77. The van der Waals surface area contributed by atoms with Crippen LogP contribution in [0.5, 0.6) is 0 Å². The average Bonchev–Trinajstić information content (AvgIpc) is 3.47. The second kappa shape index (κ2) is 12.8. The number of aromatic nitrogens is 3. The smallest absolute Gasteiger partial charge is 0.475 e. The standard InChI is InChI=1S/C30H26N6.C2HF3O2/c31-19-23-10-13-29(32-20-23)36-16-14-35(15-17-36)21-22-8-11-24(12-9-22)25-4-3-5-26(18-25)30-33-27-6-1-2-7-28(27)34-30;3-2(4,5)1(6)7/h1-13,18,20H,14-17,21H2,(H,33,34);(H,6,7). The number of nitrogens with one attached hydrogen (secondary N) is 1. The van der Waals surface area contributed by atoms with Gasteiger partial charge in [0.1, 0.15) is 17.7 Å². The van der Waals surface area contributed by atoms with Gasteiger partial charge in [0.2, 0.25) is 0 Å². The molecule has 6 rings (SSSR count). The number of benzene rings is 3. The van der Waals surface area contributed by atoms with E-state index >= 15 is 0 Å². The molecule has 0 radical (unpaired) electrons. The van der Waals surface area contributed by atoms with Crippen LogP contribution in [0.2, 0.25) is 0 Å². The molecule has 3 aromatic carbocycles. The van der Waals surface area contributed by atoms with Gasteiger partial charge in [0.05, 0.1) is 16.6 Å². The number of para-hydroxylation sites is 2. The number of rotatable bonds is 5. The second-order valence-corrected chi connectivity index (χ2v) is 9.96. The number of H-pyrrole nitrogens is 1. The van der Waals surface area contributed by atoms with Crippen molar-refractivity contribution < 1.29 is 23.1 Å². The summed E-state index contributed by atoms with van der Waals surface area (Å²) in [6.45, 7) is 4.79. The Hall–Kier alpha value is -5.21. The van der Waals surface area contributed by atoms with E-state index in [1.165, 1.54) is 16.7 Å². The predicted octanol–water partition coefficient (Wildman–Crippen LogP) is 6.12. The summed E-state index contributed by atoms with van der Waals surface area (Å²) in [6, 6.07) is 31.5. The van der Waals surface area contributed by atoms with E-state index in [1.807, 2.05) is 30.3 Å². The second-order valence-electron chi connectivity index (χ2n) is 9.96. The topological polar surface area (TPSA) is 109 Å². The van der Waals surface area contributed by atoms with Crippen molar-refractivity contribution in [1.82, 2.24) is 19.9 Å². The minimum absolute atomic E-state index is 0.599. The van der Waals surface area contributed by atoms with Gasteiger partial charge in [-0.05, 0) is 47.0 Å². The van der Waals surface area contributed by atoms with E-state index in [9.17, 15) is 13.2 Å². The first kappa shape index (κ1) is 29.3. The zero-order chi connectivity index (χ0) is 30.4. The molecule has 0 aliphatic carbocycles. The van der Waals surface area contributed by atoms with Gasteiger partial charge in [-0.1, -0.05) is 54.6 Å². The number of nitriles is 1. The van der Waals surface area contributed by atoms with Crippen LogP contribution in [-0.2, 0) is 11.3 Å². The third-order valence-electron chi connectivity index (χ3n) is 7.03. The lowest BCUT2D eigenvalue weighted by Crippen LogP contribution is -2.46. The number of halogens is 3. The minimum Gasteiger partial charge on any atom is -0.475 e. The number of anilines is 1. The molecule has 1 saturated heterocycles. The molecule has 1 aliphatic heterocycles. The maximum absolute atomic E-state index is 10.6. The Morgan fingerprint density at radius 2 is 1.60 bits per heavy atom. The molecule has 11 heteroatoms. The van der Waals surface area contributed by atoms with Crippen LogP contribution in [0, 0.1) is 11.3 Å². The van der Waals surface area contributed by atoms with Gasteiger partial charge in [0, 0.05) is 44.5 Å². The van der Waals surface area contributed by atoms with Crippen molar-refractivity contribution in [3.63, 3.8) is 0 Å². The third-order valence-corrected chi connectivity index (χ3v) is 7.03. The van der Waals surface area contributed by atoms with Crippen LogP contribution in [0.1, 0.15) is 11.1 Å². The lowest BCUT2D eigenvalue weighted by Gasteiger charge is -2.35. The number of nitrogens with zero attached hydrogens (tertiary/aromatic N) is 5. The van der Waals surface area contributed by atoms with Gasteiger partial charge in [-0.3, -0.25) is 4.90 Å². The summed E-state index contributed by atoms with van der Waals surface area (Å²) in [5.74, 6) is -0.916. The first-order valence-corrected chi connectivity index (χ1v) is 13.5. The number of carbonyl (C=O) groups is 1. The zero-order valence-corrected chi connectivity index (χ0v) is 22.9. The van der Waals surface area contributed by atoms with Crippen LogP contribution in [0.3, 0.4) is 0 Å². The van der Waals surface area contributed by atoms with Crippen LogP contribution < -0.4 is 4.90 Å². The molecule has 2 N–H and O–H groups in total. The molecule has 0 amide bonds. The van der Waals surface area contributed by atoms with E-state index in [4.69, 9.17) is 20.1 Å². The summed E-state index contributed by atoms with van der Waals surface area (Å²) in [7, 11) is 0. The highest BCUT2D eigenvalue weighted by Gasteiger charge is 2.38. The molecule has 1 fully saturated rings. The first-order valence-electron chi connectivity index (χ1n) is 13.5. The van der Waals surface area contributed by atoms with E-state index in [0.29, 0.717) is 5.56 Å². The maximum atomic E-state index is 10.6. The Labute approximate surface area is 245 Å². The van der Waals surface area contributed by atoms with Crippen molar-refractivity contribution >= 4 is 22.8 Å². The maximum Gasteiger partial charge on any atom is 0.490 e. The zero-order valence-electron chi connectivity index (χ0n) is 22.9. The normalized spacial score (nSPS) is 13.7. The molecule has 8 nitrogen and oxygen atoms in total. The minimum atomic E-state index is -5.08. The molecule has 1 aliphatic rings. The molecule has 2 aromatic heterocycles. The number of alkyl halides is 3. The number of aromatic amines is 1. The van der Waals surface area contributed by atoms with E-state index in [1.54, 1.807) is 6.20 Å². The lowest BCUT2D eigenvalue weighted by molar-refractivity contribution is -0.192. The Balaban J connectivity index is 0.000000472. The number of imidazole rings is 1. The monoisotopic (exact) mass is 584 g/mol. The summed E-state index contributed by atoms with van der Waals surface area (Å²) in [5, 5.41) is 16.1. The number of hydrogen-bond acceptors (Lipinski definition) is 6. The summed E-state index contributed by atoms with van der Waals surface area (Å²) in [6.07, 6.45) is -3.43. The highest BCUT2D eigenvalue weighted by molar-refractivity contribution is 5.80. The Kier molecular flexibility index (Phi) is 8.69. The average molecular weight is 585 g/mol. The molecule has 0 atom stereocenters. The van der Waals surface area contributed by atoms with Crippen molar-refractivity contribution in [2.24, 2.45) is 0 Å². The van der Waals surface area contributed by atoms with Crippen LogP contribution >= 0.6 is 0 Å². The fraction of sp³-hybridized carbons (Fsp3) is 0.188. The van der Waals surface area contributed by atoms with Crippen LogP contribution in [0.4, 0.5) is 19.0 Å². The van der Waals surface area contributed by atoms with Crippen molar-refractivity contribution in [3.05, 3.63) is 102 Å². The predicted molar refractivity (Wildman–Crippen MR) is 157 cm³/mol. The third kappa shape index (κ3) is 7.36. The van der Waals surface area contributed by atoms with Crippen molar-refractivity contribution in [3.8, 4) is 28.6 Å².